The van der Waals surface area contributed by atoms with Gasteiger partial charge in [-0.3, -0.25) is 9.78 Å². The molecule has 1 amide bonds. The summed E-state index contributed by atoms with van der Waals surface area (Å²) in [6.07, 6.45) is 4.38. The largest absolute Gasteiger partial charge is 0.338 e. The highest BCUT2D eigenvalue weighted by Gasteiger charge is 2.18. The summed E-state index contributed by atoms with van der Waals surface area (Å²) >= 11 is 1.38. The number of pyridine rings is 1. The van der Waals surface area contributed by atoms with Crippen molar-refractivity contribution < 1.29 is 9.18 Å². The summed E-state index contributed by atoms with van der Waals surface area (Å²) in [7, 11) is 0. The Labute approximate surface area is 174 Å². The van der Waals surface area contributed by atoms with E-state index in [1.807, 2.05) is 29.7 Å². The van der Waals surface area contributed by atoms with Gasteiger partial charge in [-0.25, -0.2) is 4.39 Å². The van der Waals surface area contributed by atoms with Gasteiger partial charge in [-0.1, -0.05) is 30.8 Å². The predicted molar refractivity (Wildman–Crippen MR) is 112 cm³/mol. The SMILES string of the molecule is CCCn1c(SCC(=O)N(CC)Cc2cccc(F)c2)nnc1-c1ccncc1. The molecule has 0 N–H and O–H groups in total. The molecule has 152 valence electrons. The highest BCUT2D eigenvalue weighted by molar-refractivity contribution is 7.99. The third-order valence-corrected chi connectivity index (χ3v) is 5.38. The maximum atomic E-state index is 13.4. The van der Waals surface area contributed by atoms with Gasteiger partial charge in [-0.05, 0) is 43.2 Å². The van der Waals surface area contributed by atoms with Crippen molar-refractivity contribution in [3.8, 4) is 11.4 Å². The lowest BCUT2D eigenvalue weighted by Gasteiger charge is -2.21. The third kappa shape index (κ3) is 5.41. The number of halogens is 1. The van der Waals surface area contributed by atoms with Gasteiger partial charge in [-0.2, -0.15) is 0 Å². The molecular weight excluding hydrogens is 389 g/mol. The van der Waals surface area contributed by atoms with Gasteiger partial charge in [0, 0.05) is 37.6 Å². The highest BCUT2D eigenvalue weighted by atomic mass is 32.2. The van der Waals surface area contributed by atoms with E-state index in [1.165, 1.54) is 23.9 Å². The minimum atomic E-state index is -0.295. The molecule has 0 unspecified atom stereocenters. The van der Waals surface area contributed by atoms with E-state index in [2.05, 4.69) is 22.1 Å². The summed E-state index contributed by atoms with van der Waals surface area (Å²) in [6, 6.07) is 10.1. The van der Waals surface area contributed by atoms with Gasteiger partial charge in [-0.15, -0.1) is 10.2 Å². The van der Waals surface area contributed by atoms with E-state index in [1.54, 1.807) is 23.4 Å². The van der Waals surface area contributed by atoms with E-state index in [0.717, 1.165) is 29.9 Å². The molecule has 0 aliphatic rings. The molecule has 8 heteroatoms. The number of carbonyl (C=O) groups excluding carboxylic acids is 1. The summed E-state index contributed by atoms with van der Waals surface area (Å²) in [4.78, 5) is 18.5. The Kier molecular flexibility index (Phi) is 7.35. The Bertz CT molecular complexity index is 947. The lowest BCUT2D eigenvalue weighted by molar-refractivity contribution is -0.128. The van der Waals surface area contributed by atoms with Crippen LogP contribution < -0.4 is 0 Å². The number of hydrogen-bond donors (Lipinski definition) is 0. The first kappa shape index (κ1) is 21.0. The van der Waals surface area contributed by atoms with Crippen LogP contribution in [-0.2, 0) is 17.9 Å². The number of amides is 1. The van der Waals surface area contributed by atoms with Gasteiger partial charge in [0.05, 0.1) is 5.75 Å². The number of aromatic nitrogens is 4. The minimum Gasteiger partial charge on any atom is -0.338 e. The standard InChI is InChI=1S/C21H24FN5OS/c1-3-12-27-20(17-8-10-23-11-9-17)24-25-21(27)29-15-19(28)26(4-2)14-16-6-5-7-18(22)13-16/h5-11,13H,3-4,12,14-15H2,1-2H3. The lowest BCUT2D eigenvalue weighted by Crippen LogP contribution is -2.31. The summed E-state index contributed by atoms with van der Waals surface area (Å²) < 4.78 is 15.5. The zero-order valence-corrected chi connectivity index (χ0v) is 17.4. The van der Waals surface area contributed by atoms with Crippen molar-refractivity contribution in [1.82, 2.24) is 24.6 Å². The fourth-order valence-electron chi connectivity index (χ4n) is 2.98. The average molecular weight is 414 g/mol. The molecule has 3 rings (SSSR count). The quantitative estimate of drug-likeness (QED) is 0.496. The van der Waals surface area contributed by atoms with Crippen LogP contribution in [0, 0.1) is 5.82 Å². The molecule has 29 heavy (non-hydrogen) atoms. The Morgan fingerprint density at radius 2 is 1.97 bits per heavy atom. The molecule has 6 nitrogen and oxygen atoms in total. The van der Waals surface area contributed by atoms with Gasteiger partial charge >= 0.3 is 0 Å². The topological polar surface area (TPSA) is 63.9 Å². The number of nitrogens with zero attached hydrogens (tertiary/aromatic N) is 5. The summed E-state index contributed by atoms with van der Waals surface area (Å²) in [6.45, 7) is 5.72. The number of carbonyl (C=O) groups is 1. The highest BCUT2D eigenvalue weighted by Crippen LogP contribution is 2.24. The molecule has 2 heterocycles. The number of hydrogen-bond acceptors (Lipinski definition) is 5. The van der Waals surface area contributed by atoms with Crippen LogP contribution in [0.2, 0.25) is 0 Å². The van der Waals surface area contributed by atoms with Crippen molar-refractivity contribution in [2.24, 2.45) is 0 Å². The third-order valence-electron chi connectivity index (χ3n) is 4.42. The molecule has 1 aromatic carbocycles. The van der Waals surface area contributed by atoms with Crippen LogP contribution in [0.5, 0.6) is 0 Å². The summed E-state index contributed by atoms with van der Waals surface area (Å²) in [5, 5.41) is 9.34. The molecule has 0 bridgehead atoms. The Morgan fingerprint density at radius 1 is 1.17 bits per heavy atom. The second-order valence-corrected chi connectivity index (χ2v) is 7.46. The van der Waals surface area contributed by atoms with E-state index in [-0.39, 0.29) is 17.5 Å². The molecule has 0 aliphatic carbocycles. The van der Waals surface area contributed by atoms with Crippen molar-refractivity contribution in [3.63, 3.8) is 0 Å². The van der Waals surface area contributed by atoms with Crippen LogP contribution in [-0.4, -0.2) is 42.9 Å². The van der Waals surface area contributed by atoms with Crippen molar-refractivity contribution in [2.45, 2.75) is 38.5 Å². The number of benzene rings is 1. The summed E-state index contributed by atoms with van der Waals surface area (Å²) in [5.41, 5.74) is 1.72. The Balaban J connectivity index is 1.69. The minimum absolute atomic E-state index is 0.0155. The van der Waals surface area contributed by atoms with Gasteiger partial charge in [0.2, 0.25) is 5.91 Å². The lowest BCUT2D eigenvalue weighted by atomic mass is 10.2. The molecule has 0 radical (unpaired) electrons. The first-order valence-corrected chi connectivity index (χ1v) is 10.6. The van der Waals surface area contributed by atoms with Crippen molar-refractivity contribution in [2.75, 3.05) is 12.3 Å². The second-order valence-electron chi connectivity index (χ2n) is 6.52. The van der Waals surface area contributed by atoms with Crippen LogP contribution in [0.4, 0.5) is 4.39 Å². The van der Waals surface area contributed by atoms with Crippen LogP contribution in [0.3, 0.4) is 0 Å². The van der Waals surface area contributed by atoms with Gasteiger partial charge in [0.1, 0.15) is 5.82 Å². The van der Waals surface area contributed by atoms with Gasteiger partial charge < -0.3 is 9.47 Å². The number of rotatable bonds is 9. The first-order chi connectivity index (χ1) is 14.1. The molecule has 2 aromatic heterocycles. The Morgan fingerprint density at radius 3 is 2.66 bits per heavy atom. The molecular formula is C21H24FN5OS. The van der Waals surface area contributed by atoms with Crippen molar-refractivity contribution in [1.29, 1.82) is 0 Å². The second kappa shape index (κ2) is 10.2. The van der Waals surface area contributed by atoms with E-state index in [0.29, 0.717) is 18.2 Å². The molecule has 0 saturated carbocycles. The van der Waals surface area contributed by atoms with Crippen molar-refractivity contribution in [3.05, 3.63) is 60.2 Å². The zero-order valence-electron chi connectivity index (χ0n) is 16.6. The maximum absolute atomic E-state index is 13.4. The fraction of sp³-hybridized carbons (Fsp3) is 0.333. The van der Waals surface area contributed by atoms with Crippen LogP contribution in [0.15, 0.2) is 53.9 Å². The van der Waals surface area contributed by atoms with Crippen LogP contribution in [0.25, 0.3) is 11.4 Å². The van der Waals surface area contributed by atoms with Crippen LogP contribution >= 0.6 is 11.8 Å². The smallest absolute Gasteiger partial charge is 0.233 e. The fourth-order valence-corrected chi connectivity index (χ4v) is 3.85. The Hall–Kier alpha value is -2.74. The van der Waals surface area contributed by atoms with E-state index in [9.17, 15) is 9.18 Å². The average Bonchev–Trinajstić information content (AvgIpc) is 3.14. The molecule has 3 aromatic rings. The van der Waals surface area contributed by atoms with E-state index in [4.69, 9.17) is 0 Å². The molecule has 0 atom stereocenters. The summed E-state index contributed by atoms with van der Waals surface area (Å²) in [5.74, 6) is 0.715. The molecule has 0 aliphatic heterocycles. The predicted octanol–water partition coefficient (Wildman–Crippen LogP) is 4.03. The normalized spacial score (nSPS) is 10.9. The van der Waals surface area contributed by atoms with Gasteiger partial charge in [0.15, 0.2) is 11.0 Å². The van der Waals surface area contributed by atoms with Crippen LogP contribution in [0.1, 0.15) is 25.8 Å². The molecule has 0 saturated heterocycles. The maximum Gasteiger partial charge on any atom is 0.233 e. The molecule has 0 fully saturated rings. The molecule has 0 spiro atoms. The van der Waals surface area contributed by atoms with Gasteiger partial charge in [0.25, 0.3) is 0 Å². The number of thioether (sulfide) groups is 1. The zero-order chi connectivity index (χ0) is 20.6. The van der Waals surface area contributed by atoms with E-state index >= 15 is 0 Å². The first-order valence-electron chi connectivity index (χ1n) is 9.61. The monoisotopic (exact) mass is 413 g/mol. The van der Waals surface area contributed by atoms with Crippen molar-refractivity contribution >= 4 is 17.7 Å². The van der Waals surface area contributed by atoms with E-state index < -0.39 is 0 Å².